The van der Waals surface area contributed by atoms with Crippen molar-refractivity contribution in [3.8, 4) is 0 Å². The largest absolute Gasteiger partial charge is 0.491 e. The maximum atomic E-state index is 11.1. The van der Waals surface area contributed by atoms with E-state index in [9.17, 15) is 4.79 Å². The Morgan fingerprint density at radius 1 is 1.37 bits per heavy atom. The average molecular weight is 256 g/mol. The van der Waals surface area contributed by atoms with E-state index in [-0.39, 0.29) is 12.0 Å². The quantitative estimate of drug-likeness (QED) is 0.600. The molecular weight excluding hydrogens is 240 g/mol. The molecule has 2 unspecified atom stereocenters. The summed E-state index contributed by atoms with van der Waals surface area (Å²) < 4.78 is 10.8. The number of carbonyl (C=O) groups is 1. The maximum Gasteiger partial charge on any atom is 0.150 e. The molecule has 1 aromatic rings. The summed E-state index contributed by atoms with van der Waals surface area (Å²) in [7, 11) is 0. The summed E-state index contributed by atoms with van der Waals surface area (Å²) in [6, 6.07) is 7.71. The number of benzene rings is 1. The topological polar surface area (TPSA) is 38.8 Å². The van der Waals surface area contributed by atoms with Gasteiger partial charge in [-0.3, -0.25) is 4.79 Å². The lowest BCUT2D eigenvalue weighted by Crippen LogP contribution is -2.06. The Morgan fingerprint density at radius 3 is 3.00 bits per heavy atom. The van der Waals surface area contributed by atoms with Gasteiger partial charge in [-0.2, -0.15) is 0 Å². The second-order valence-electron chi connectivity index (χ2n) is 4.83. The van der Waals surface area contributed by atoms with E-state index in [1.807, 2.05) is 30.3 Å². The Balaban J connectivity index is 1.76. The average Bonchev–Trinajstić information content (AvgIpc) is 3.29. The number of allylic oxidation sites excluding steroid dienone is 3. The van der Waals surface area contributed by atoms with Crippen LogP contribution in [0.3, 0.4) is 0 Å². The van der Waals surface area contributed by atoms with Crippen LogP contribution in [0.2, 0.25) is 0 Å². The van der Waals surface area contributed by atoms with Crippen molar-refractivity contribution in [2.75, 3.05) is 13.2 Å². The molecule has 0 aromatic heterocycles. The minimum absolute atomic E-state index is 0.210. The lowest BCUT2D eigenvalue weighted by Gasteiger charge is -2.18. The molecule has 3 heteroatoms. The van der Waals surface area contributed by atoms with E-state index in [1.54, 1.807) is 0 Å². The number of ether oxygens (including phenoxy) is 2. The first-order valence-corrected chi connectivity index (χ1v) is 6.53. The van der Waals surface area contributed by atoms with Gasteiger partial charge in [0, 0.05) is 11.5 Å². The lowest BCUT2D eigenvalue weighted by atomic mass is 9.89. The fourth-order valence-corrected chi connectivity index (χ4v) is 2.27. The summed E-state index contributed by atoms with van der Waals surface area (Å²) in [4.78, 5) is 11.1. The number of hydrogen-bond donors (Lipinski definition) is 0. The normalized spacial score (nSPS) is 24.7. The maximum absolute atomic E-state index is 11.1. The molecule has 1 heterocycles. The van der Waals surface area contributed by atoms with Crippen LogP contribution in [0.5, 0.6) is 0 Å². The SMILES string of the molecule is O=Cc1ccccc1C1C=C(OCC2CO2)C=CC1. The first-order valence-electron chi connectivity index (χ1n) is 6.53. The third kappa shape index (κ3) is 2.93. The van der Waals surface area contributed by atoms with Gasteiger partial charge in [0.2, 0.25) is 0 Å². The van der Waals surface area contributed by atoms with Gasteiger partial charge in [0.1, 0.15) is 24.8 Å². The third-order valence-corrected chi connectivity index (χ3v) is 3.40. The summed E-state index contributed by atoms with van der Waals surface area (Å²) in [5.41, 5.74) is 1.81. The van der Waals surface area contributed by atoms with E-state index < -0.39 is 0 Å². The van der Waals surface area contributed by atoms with Gasteiger partial charge in [-0.1, -0.05) is 30.3 Å². The van der Waals surface area contributed by atoms with Crippen LogP contribution in [0.4, 0.5) is 0 Å². The van der Waals surface area contributed by atoms with Gasteiger partial charge in [0.05, 0.1) is 6.61 Å². The number of epoxide rings is 1. The molecule has 1 saturated heterocycles. The number of aldehydes is 1. The second kappa shape index (κ2) is 5.41. The molecule has 2 atom stereocenters. The van der Waals surface area contributed by atoms with Gasteiger partial charge in [0.15, 0.2) is 0 Å². The molecule has 2 aliphatic rings. The highest BCUT2D eigenvalue weighted by Gasteiger charge is 2.24. The molecule has 1 aliphatic carbocycles. The Bertz CT molecular complexity index is 527. The summed E-state index contributed by atoms with van der Waals surface area (Å²) >= 11 is 0. The fraction of sp³-hybridized carbons (Fsp3) is 0.312. The van der Waals surface area contributed by atoms with Crippen molar-refractivity contribution in [3.63, 3.8) is 0 Å². The van der Waals surface area contributed by atoms with Crippen LogP contribution in [0.25, 0.3) is 0 Å². The van der Waals surface area contributed by atoms with E-state index in [2.05, 4.69) is 12.2 Å². The molecule has 1 fully saturated rings. The Labute approximate surface area is 112 Å². The molecule has 0 saturated carbocycles. The number of rotatable bonds is 5. The van der Waals surface area contributed by atoms with Crippen LogP contribution in [0, 0.1) is 0 Å². The van der Waals surface area contributed by atoms with Gasteiger partial charge < -0.3 is 9.47 Å². The van der Waals surface area contributed by atoms with Gasteiger partial charge in [-0.15, -0.1) is 0 Å². The smallest absolute Gasteiger partial charge is 0.150 e. The molecule has 3 rings (SSSR count). The minimum atomic E-state index is 0.210. The first kappa shape index (κ1) is 12.2. The summed E-state index contributed by atoms with van der Waals surface area (Å²) in [6.07, 6.45) is 8.25. The molecule has 0 spiro atoms. The second-order valence-corrected chi connectivity index (χ2v) is 4.83. The Kier molecular flexibility index (Phi) is 3.47. The Morgan fingerprint density at radius 2 is 2.21 bits per heavy atom. The van der Waals surface area contributed by atoms with Gasteiger partial charge in [-0.25, -0.2) is 0 Å². The zero-order chi connectivity index (χ0) is 13.1. The van der Waals surface area contributed by atoms with E-state index in [1.165, 1.54) is 0 Å². The molecule has 0 bridgehead atoms. The van der Waals surface area contributed by atoms with E-state index in [4.69, 9.17) is 9.47 Å². The lowest BCUT2D eigenvalue weighted by molar-refractivity contribution is 0.112. The van der Waals surface area contributed by atoms with Crippen LogP contribution >= 0.6 is 0 Å². The van der Waals surface area contributed by atoms with Crippen LogP contribution in [0.1, 0.15) is 28.3 Å². The summed E-state index contributed by atoms with van der Waals surface area (Å²) in [5, 5.41) is 0. The van der Waals surface area contributed by atoms with Gasteiger partial charge in [0.25, 0.3) is 0 Å². The highest BCUT2D eigenvalue weighted by atomic mass is 16.6. The van der Waals surface area contributed by atoms with Gasteiger partial charge in [-0.05, 0) is 24.1 Å². The highest BCUT2D eigenvalue weighted by Crippen LogP contribution is 2.29. The van der Waals surface area contributed by atoms with Crippen molar-refractivity contribution in [2.24, 2.45) is 0 Å². The first-order chi connectivity index (χ1) is 9.36. The van der Waals surface area contributed by atoms with Crippen molar-refractivity contribution < 1.29 is 14.3 Å². The van der Waals surface area contributed by atoms with Crippen LogP contribution in [-0.2, 0) is 9.47 Å². The van der Waals surface area contributed by atoms with Crippen LogP contribution in [0.15, 0.2) is 48.3 Å². The molecule has 0 radical (unpaired) electrons. The van der Waals surface area contributed by atoms with E-state index >= 15 is 0 Å². The predicted molar refractivity (Wildman–Crippen MR) is 72.1 cm³/mol. The van der Waals surface area contributed by atoms with Gasteiger partial charge >= 0.3 is 0 Å². The molecule has 1 aliphatic heterocycles. The molecule has 19 heavy (non-hydrogen) atoms. The summed E-state index contributed by atoms with van der Waals surface area (Å²) in [5.74, 6) is 1.08. The van der Waals surface area contributed by atoms with Crippen molar-refractivity contribution in [3.05, 3.63) is 59.4 Å². The zero-order valence-corrected chi connectivity index (χ0v) is 10.6. The van der Waals surface area contributed by atoms with Crippen LogP contribution in [-0.4, -0.2) is 25.6 Å². The Hall–Kier alpha value is -1.87. The van der Waals surface area contributed by atoms with Crippen molar-refractivity contribution in [2.45, 2.75) is 18.4 Å². The molecule has 0 N–H and O–H groups in total. The monoisotopic (exact) mass is 256 g/mol. The molecule has 3 nitrogen and oxygen atoms in total. The third-order valence-electron chi connectivity index (χ3n) is 3.40. The van der Waals surface area contributed by atoms with Crippen molar-refractivity contribution in [1.82, 2.24) is 0 Å². The van der Waals surface area contributed by atoms with Crippen molar-refractivity contribution >= 4 is 6.29 Å². The fourth-order valence-electron chi connectivity index (χ4n) is 2.27. The molecular formula is C16H16O3. The highest BCUT2D eigenvalue weighted by molar-refractivity contribution is 5.77. The zero-order valence-electron chi connectivity index (χ0n) is 10.6. The summed E-state index contributed by atoms with van der Waals surface area (Å²) in [6.45, 7) is 1.41. The molecule has 0 amide bonds. The number of hydrogen-bond acceptors (Lipinski definition) is 3. The molecule has 1 aromatic carbocycles. The van der Waals surface area contributed by atoms with E-state index in [0.29, 0.717) is 6.61 Å². The number of carbonyl (C=O) groups excluding carboxylic acids is 1. The standard InChI is InChI=1S/C16H16O3/c17-9-13-4-1-2-7-16(13)12-5-3-6-14(8-12)18-10-15-11-19-15/h1-4,6-9,12,15H,5,10-11H2. The molecule has 98 valence electrons. The van der Waals surface area contributed by atoms with E-state index in [0.717, 1.165) is 36.2 Å². The van der Waals surface area contributed by atoms with Crippen molar-refractivity contribution in [1.29, 1.82) is 0 Å². The predicted octanol–water partition coefficient (Wildman–Crippen LogP) is 2.84. The van der Waals surface area contributed by atoms with Crippen LogP contribution < -0.4 is 0 Å². The minimum Gasteiger partial charge on any atom is -0.491 e.